The van der Waals surface area contributed by atoms with Crippen molar-refractivity contribution in [3.05, 3.63) is 29.3 Å². The minimum atomic E-state index is 0.0674. The van der Waals surface area contributed by atoms with Crippen molar-refractivity contribution >= 4 is 0 Å². The molecule has 1 saturated carbocycles. The third kappa shape index (κ3) is 2.51. The molecule has 0 amide bonds. The van der Waals surface area contributed by atoms with Crippen LogP contribution in [0, 0.1) is 5.41 Å². The topological polar surface area (TPSA) is 35.2 Å². The number of ether oxygens (including phenoxy) is 1. The molecule has 1 atom stereocenters. The largest absolute Gasteiger partial charge is 0.487 e. The molecule has 1 spiro atoms. The van der Waals surface area contributed by atoms with Crippen molar-refractivity contribution in [2.75, 3.05) is 0 Å². The summed E-state index contributed by atoms with van der Waals surface area (Å²) in [6.07, 6.45) is 5.69. The van der Waals surface area contributed by atoms with Crippen LogP contribution in [0.4, 0.5) is 0 Å². The first-order valence-electron chi connectivity index (χ1n) is 7.44. The van der Waals surface area contributed by atoms with Crippen molar-refractivity contribution in [1.82, 2.24) is 0 Å². The lowest BCUT2D eigenvalue weighted by Crippen LogP contribution is -2.48. The Morgan fingerprint density at radius 3 is 2.63 bits per heavy atom. The van der Waals surface area contributed by atoms with Gasteiger partial charge in [0.2, 0.25) is 0 Å². The van der Waals surface area contributed by atoms with Crippen LogP contribution in [0.15, 0.2) is 18.2 Å². The average molecular weight is 259 g/mol. The lowest BCUT2D eigenvalue weighted by molar-refractivity contribution is -0.0329. The van der Waals surface area contributed by atoms with Gasteiger partial charge in [-0.05, 0) is 42.7 Å². The van der Waals surface area contributed by atoms with E-state index in [9.17, 15) is 0 Å². The fourth-order valence-electron chi connectivity index (χ4n) is 3.37. The smallest absolute Gasteiger partial charge is 0.124 e. The zero-order chi connectivity index (χ0) is 13.7. The van der Waals surface area contributed by atoms with Gasteiger partial charge in [-0.25, -0.2) is 0 Å². The fourth-order valence-corrected chi connectivity index (χ4v) is 3.37. The highest BCUT2D eigenvalue weighted by molar-refractivity contribution is 5.42. The summed E-state index contributed by atoms with van der Waals surface area (Å²) in [7, 11) is 0. The molecule has 1 aromatic rings. The van der Waals surface area contributed by atoms with Crippen molar-refractivity contribution in [3.63, 3.8) is 0 Å². The van der Waals surface area contributed by atoms with Gasteiger partial charge in [0.15, 0.2) is 0 Å². The Hall–Kier alpha value is -1.02. The molecular formula is C17H25NO. The molecule has 0 bridgehead atoms. The van der Waals surface area contributed by atoms with E-state index in [4.69, 9.17) is 10.5 Å². The third-order valence-corrected chi connectivity index (χ3v) is 4.39. The van der Waals surface area contributed by atoms with Crippen LogP contribution < -0.4 is 10.5 Å². The Kier molecular flexibility index (Phi) is 2.90. The SMILES string of the molecule is CC(C)(C)Cc1ccc2c(c1)[C@@H](N)CC1(CCC1)O2. The molecule has 0 unspecified atom stereocenters. The van der Waals surface area contributed by atoms with Gasteiger partial charge < -0.3 is 10.5 Å². The van der Waals surface area contributed by atoms with Crippen LogP contribution in [0.3, 0.4) is 0 Å². The number of hydrogen-bond acceptors (Lipinski definition) is 2. The Morgan fingerprint density at radius 2 is 2.05 bits per heavy atom. The van der Waals surface area contributed by atoms with Crippen molar-refractivity contribution in [3.8, 4) is 5.75 Å². The first-order valence-corrected chi connectivity index (χ1v) is 7.44. The predicted octanol–water partition coefficient (Wildman–Crippen LogP) is 3.98. The molecule has 0 radical (unpaired) electrons. The highest BCUT2D eigenvalue weighted by atomic mass is 16.5. The molecule has 19 heavy (non-hydrogen) atoms. The van der Waals surface area contributed by atoms with E-state index in [1.165, 1.54) is 30.4 Å². The van der Waals surface area contributed by atoms with E-state index in [0.29, 0.717) is 5.41 Å². The van der Waals surface area contributed by atoms with Gasteiger partial charge in [0, 0.05) is 18.0 Å². The summed E-state index contributed by atoms with van der Waals surface area (Å²) in [5.74, 6) is 1.02. The molecule has 1 aromatic carbocycles. The summed E-state index contributed by atoms with van der Waals surface area (Å²) < 4.78 is 6.23. The Balaban J connectivity index is 1.87. The molecule has 1 aliphatic heterocycles. The second-order valence-electron chi connectivity index (χ2n) is 7.56. The summed E-state index contributed by atoms with van der Waals surface area (Å²) in [6, 6.07) is 6.74. The van der Waals surface area contributed by atoms with Gasteiger partial charge in [-0.3, -0.25) is 0 Å². The van der Waals surface area contributed by atoms with E-state index < -0.39 is 0 Å². The molecule has 1 heterocycles. The minimum Gasteiger partial charge on any atom is -0.487 e. The van der Waals surface area contributed by atoms with E-state index in [0.717, 1.165) is 18.6 Å². The van der Waals surface area contributed by atoms with Crippen molar-refractivity contribution < 1.29 is 4.74 Å². The maximum absolute atomic E-state index is 6.38. The van der Waals surface area contributed by atoms with Crippen LogP contribution in [0.25, 0.3) is 0 Å². The van der Waals surface area contributed by atoms with E-state index in [-0.39, 0.29) is 11.6 Å². The highest BCUT2D eigenvalue weighted by Crippen LogP contribution is 2.48. The van der Waals surface area contributed by atoms with Gasteiger partial charge in [0.05, 0.1) is 0 Å². The zero-order valence-electron chi connectivity index (χ0n) is 12.3. The van der Waals surface area contributed by atoms with Gasteiger partial charge in [0.25, 0.3) is 0 Å². The molecule has 2 aliphatic rings. The van der Waals surface area contributed by atoms with Crippen molar-refractivity contribution in [2.24, 2.45) is 11.1 Å². The summed E-state index contributed by atoms with van der Waals surface area (Å²) in [5.41, 5.74) is 9.34. The quantitative estimate of drug-likeness (QED) is 0.828. The number of nitrogens with two attached hydrogens (primary N) is 1. The van der Waals surface area contributed by atoms with Gasteiger partial charge >= 0.3 is 0 Å². The Bertz CT molecular complexity index is 483. The molecule has 2 nitrogen and oxygen atoms in total. The molecule has 2 heteroatoms. The maximum atomic E-state index is 6.38. The molecule has 1 fully saturated rings. The van der Waals surface area contributed by atoms with Crippen molar-refractivity contribution in [1.29, 1.82) is 0 Å². The van der Waals surface area contributed by atoms with Crippen LogP contribution in [0.1, 0.15) is 63.6 Å². The van der Waals surface area contributed by atoms with E-state index in [1.54, 1.807) is 0 Å². The molecule has 0 aromatic heterocycles. The minimum absolute atomic E-state index is 0.0674. The van der Waals surface area contributed by atoms with E-state index in [1.807, 2.05) is 0 Å². The summed E-state index contributed by atoms with van der Waals surface area (Å²) >= 11 is 0. The van der Waals surface area contributed by atoms with Gasteiger partial charge in [-0.2, -0.15) is 0 Å². The predicted molar refractivity (Wildman–Crippen MR) is 78.4 cm³/mol. The number of rotatable bonds is 1. The summed E-state index contributed by atoms with van der Waals surface area (Å²) in [5, 5.41) is 0. The average Bonchev–Trinajstić information content (AvgIpc) is 2.25. The standard InChI is InChI=1S/C17H25NO/c1-16(2,3)10-12-5-6-15-13(9-12)14(18)11-17(19-15)7-4-8-17/h5-6,9,14H,4,7-8,10-11,18H2,1-3H3/t14-/m0/s1. The Morgan fingerprint density at radius 1 is 1.32 bits per heavy atom. The Labute approximate surface area is 116 Å². The van der Waals surface area contributed by atoms with Crippen molar-refractivity contribution in [2.45, 2.75) is 64.5 Å². The van der Waals surface area contributed by atoms with Crippen LogP contribution in [0.2, 0.25) is 0 Å². The van der Waals surface area contributed by atoms with Crippen LogP contribution in [-0.2, 0) is 6.42 Å². The first-order chi connectivity index (χ1) is 8.87. The monoisotopic (exact) mass is 259 g/mol. The van der Waals surface area contributed by atoms with E-state index in [2.05, 4.69) is 39.0 Å². The summed E-state index contributed by atoms with van der Waals surface area (Å²) in [4.78, 5) is 0. The van der Waals surface area contributed by atoms with Crippen LogP contribution in [-0.4, -0.2) is 5.60 Å². The van der Waals surface area contributed by atoms with E-state index >= 15 is 0 Å². The number of hydrogen-bond donors (Lipinski definition) is 1. The fraction of sp³-hybridized carbons (Fsp3) is 0.647. The highest BCUT2D eigenvalue weighted by Gasteiger charge is 2.44. The lowest BCUT2D eigenvalue weighted by atomic mass is 9.73. The van der Waals surface area contributed by atoms with Gasteiger partial charge in [-0.1, -0.05) is 32.9 Å². The molecule has 1 aliphatic carbocycles. The van der Waals surface area contributed by atoms with Gasteiger partial charge in [-0.15, -0.1) is 0 Å². The normalized spacial score (nSPS) is 24.5. The summed E-state index contributed by atoms with van der Waals surface area (Å²) in [6.45, 7) is 6.81. The molecule has 0 saturated heterocycles. The van der Waals surface area contributed by atoms with Crippen LogP contribution >= 0.6 is 0 Å². The third-order valence-electron chi connectivity index (χ3n) is 4.39. The number of fused-ring (bicyclic) bond motifs is 1. The molecule has 3 rings (SSSR count). The lowest BCUT2D eigenvalue weighted by Gasteiger charge is -2.47. The molecular weight excluding hydrogens is 234 g/mol. The molecule has 104 valence electrons. The second kappa shape index (κ2) is 4.24. The zero-order valence-corrected chi connectivity index (χ0v) is 12.3. The second-order valence-corrected chi connectivity index (χ2v) is 7.56. The number of benzene rings is 1. The maximum Gasteiger partial charge on any atom is 0.124 e. The van der Waals surface area contributed by atoms with Gasteiger partial charge in [0.1, 0.15) is 11.4 Å². The molecule has 2 N–H and O–H groups in total. The first kappa shape index (κ1) is 13.0. The van der Waals surface area contributed by atoms with Crippen LogP contribution in [0.5, 0.6) is 5.75 Å².